The number of hydrazine groups is 1. The van der Waals surface area contributed by atoms with Crippen molar-refractivity contribution >= 4 is 17.3 Å². The van der Waals surface area contributed by atoms with E-state index in [9.17, 15) is 4.79 Å². The van der Waals surface area contributed by atoms with Crippen molar-refractivity contribution in [2.24, 2.45) is 5.92 Å². The van der Waals surface area contributed by atoms with E-state index in [0.29, 0.717) is 18.0 Å². The summed E-state index contributed by atoms with van der Waals surface area (Å²) in [4.78, 5) is 12.0. The van der Waals surface area contributed by atoms with Gasteiger partial charge in [0.05, 0.1) is 5.69 Å². The van der Waals surface area contributed by atoms with Gasteiger partial charge in [0.15, 0.2) is 0 Å². The minimum Gasteiger partial charge on any atom is -0.399 e. The van der Waals surface area contributed by atoms with E-state index in [1.807, 2.05) is 12.1 Å². The number of nitrogens with one attached hydrogen (secondary N) is 1. The van der Waals surface area contributed by atoms with E-state index in [4.69, 9.17) is 5.73 Å². The quantitative estimate of drug-likeness (QED) is 0.767. The first-order valence-electron chi connectivity index (χ1n) is 5.89. The van der Waals surface area contributed by atoms with Gasteiger partial charge in [-0.2, -0.15) is 0 Å². The van der Waals surface area contributed by atoms with Crippen molar-refractivity contribution < 1.29 is 4.79 Å². The van der Waals surface area contributed by atoms with Gasteiger partial charge in [-0.15, -0.1) is 0 Å². The summed E-state index contributed by atoms with van der Waals surface area (Å²) in [5.41, 5.74) is 10.3. The van der Waals surface area contributed by atoms with Crippen LogP contribution in [0.2, 0.25) is 0 Å². The van der Waals surface area contributed by atoms with Gasteiger partial charge in [-0.1, -0.05) is 13.8 Å². The number of amides is 1. The molecule has 0 aliphatic carbocycles. The van der Waals surface area contributed by atoms with Crippen LogP contribution in [0.3, 0.4) is 0 Å². The predicted molar refractivity (Wildman–Crippen MR) is 69.3 cm³/mol. The highest BCUT2D eigenvalue weighted by Crippen LogP contribution is 2.30. The van der Waals surface area contributed by atoms with Gasteiger partial charge >= 0.3 is 0 Å². The fourth-order valence-electron chi connectivity index (χ4n) is 1.92. The van der Waals surface area contributed by atoms with Crippen LogP contribution in [0.5, 0.6) is 0 Å². The van der Waals surface area contributed by atoms with Gasteiger partial charge in [0, 0.05) is 17.6 Å². The van der Waals surface area contributed by atoms with Crippen molar-refractivity contribution in [3.05, 3.63) is 24.3 Å². The Hall–Kier alpha value is -1.55. The maximum atomic E-state index is 12.0. The Kier molecular flexibility index (Phi) is 2.83. The van der Waals surface area contributed by atoms with Crippen LogP contribution in [0.4, 0.5) is 11.4 Å². The van der Waals surface area contributed by atoms with Gasteiger partial charge in [0.25, 0.3) is 0 Å². The molecular weight excluding hydrogens is 214 g/mol. The number of nitrogens with two attached hydrogens (primary N) is 1. The Morgan fingerprint density at radius 3 is 2.41 bits per heavy atom. The maximum Gasteiger partial charge on any atom is 0.243 e. The number of rotatable bonds is 2. The van der Waals surface area contributed by atoms with Crippen LogP contribution in [0, 0.1) is 5.92 Å². The number of hydrogen-bond donors (Lipinski definition) is 2. The third kappa shape index (κ3) is 2.13. The van der Waals surface area contributed by atoms with Crippen LogP contribution in [-0.2, 0) is 4.79 Å². The fraction of sp³-hybridized carbons (Fsp3) is 0.462. The molecule has 1 aliphatic rings. The first-order chi connectivity index (χ1) is 7.92. The van der Waals surface area contributed by atoms with Crippen molar-refractivity contribution in [2.75, 3.05) is 10.7 Å². The molecule has 0 radical (unpaired) electrons. The third-order valence-corrected chi connectivity index (χ3v) is 3.56. The average molecular weight is 233 g/mol. The second-order valence-electron chi connectivity index (χ2n) is 5.18. The monoisotopic (exact) mass is 233 g/mol. The fourth-order valence-corrected chi connectivity index (χ4v) is 1.92. The molecule has 92 valence electrons. The van der Waals surface area contributed by atoms with E-state index in [-0.39, 0.29) is 11.4 Å². The largest absolute Gasteiger partial charge is 0.399 e. The summed E-state index contributed by atoms with van der Waals surface area (Å²) in [6, 6.07) is 7.31. The molecule has 3 N–H and O–H groups in total. The first kappa shape index (κ1) is 11.9. The van der Waals surface area contributed by atoms with Crippen LogP contribution >= 0.6 is 0 Å². The lowest BCUT2D eigenvalue weighted by atomic mass is 9.87. The van der Waals surface area contributed by atoms with Crippen LogP contribution in [-0.4, -0.2) is 11.4 Å². The van der Waals surface area contributed by atoms with Crippen molar-refractivity contribution in [1.29, 1.82) is 0 Å². The number of anilines is 2. The van der Waals surface area contributed by atoms with Gasteiger partial charge < -0.3 is 5.73 Å². The summed E-state index contributed by atoms with van der Waals surface area (Å²) in [6.07, 6.45) is 0.523. The maximum absolute atomic E-state index is 12.0. The van der Waals surface area contributed by atoms with Gasteiger partial charge in [-0.25, -0.2) is 10.4 Å². The number of carbonyl (C=O) groups excluding carboxylic acids is 1. The molecule has 1 atom stereocenters. The summed E-state index contributed by atoms with van der Waals surface area (Å²) >= 11 is 0. The Balaban J connectivity index is 2.24. The van der Waals surface area contributed by atoms with E-state index < -0.39 is 0 Å². The van der Waals surface area contributed by atoms with E-state index in [1.54, 1.807) is 17.1 Å². The summed E-state index contributed by atoms with van der Waals surface area (Å²) in [5.74, 6) is 0.496. The standard InChI is InChI=1S/C13H19N3O/c1-9(2)13(3)8-12(17)16(15-13)11-6-4-10(14)5-7-11/h4-7,9,15H,8,14H2,1-3H3. The minimum atomic E-state index is -0.168. The van der Waals surface area contributed by atoms with Crippen molar-refractivity contribution in [2.45, 2.75) is 32.7 Å². The molecule has 4 heteroatoms. The lowest BCUT2D eigenvalue weighted by molar-refractivity contribution is -0.117. The van der Waals surface area contributed by atoms with E-state index in [0.717, 1.165) is 5.69 Å². The average Bonchev–Trinajstić information content (AvgIpc) is 2.57. The van der Waals surface area contributed by atoms with Gasteiger partial charge in [0.2, 0.25) is 5.91 Å². The van der Waals surface area contributed by atoms with E-state index in [1.165, 1.54) is 0 Å². The number of hydrogen-bond acceptors (Lipinski definition) is 3. The normalized spacial score (nSPS) is 24.7. The lowest BCUT2D eigenvalue weighted by Crippen LogP contribution is -2.47. The van der Waals surface area contributed by atoms with Gasteiger partial charge in [0.1, 0.15) is 0 Å². The SMILES string of the molecule is CC(C)C1(C)CC(=O)N(c2ccc(N)cc2)N1. The van der Waals surface area contributed by atoms with Crippen LogP contribution < -0.4 is 16.2 Å². The topological polar surface area (TPSA) is 58.4 Å². The summed E-state index contributed by atoms with van der Waals surface area (Å²) in [6.45, 7) is 6.31. The van der Waals surface area contributed by atoms with Crippen LogP contribution in [0.15, 0.2) is 24.3 Å². The predicted octanol–water partition coefficient (Wildman–Crippen LogP) is 1.92. The summed E-state index contributed by atoms with van der Waals surface area (Å²) < 4.78 is 0. The molecule has 1 fully saturated rings. The van der Waals surface area contributed by atoms with Crippen molar-refractivity contribution in [3.63, 3.8) is 0 Å². The number of nitrogens with zero attached hydrogens (tertiary/aromatic N) is 1. The van der Waals surface area contributed by atoms with Gasteiger partial charge in [-0.05, 0) is 37.1 Å². The Bertz CT molecular complexity index is 427. The molecule has 4 nitrogen and oxygen atoms in total. The molecule has 17 heavy (non-hydrogen) atoms. The van der Waals surface area contributed by atoms with Gasteiger partial charge in [-0.3, -0.25) is 4.79 Å². The number of nitrogen functional groups attached to an aromatic ring is 1. The minimum absolute atomic E-state index is 0.103. The highest BCUT2D eigenvalue weighted by atomic mass is 16.2. The zero-order chi connectivity index (χ0) is 12.6. The van der Waals surface area contributed by atoms with Crippen molar-refractivity contribution in [1.82, 2.24) is 5.43 Å². The molecule has 1 amide bonds. The molecule has 0 spiro atoms. The molecule has 2 rings (SSSR count). The molecule has 1 aliphatic heterocycles. The Morgan fingerprint density at radius 1 is 1.35 bits per heavy atom. The smallest absolute Gasteiger partial charge is 0.243 e. The highest BCUT2D eigenvalue weighted by Gasteiger charge is 2.41. The summed E-state index contributed by atoms with van der Waals surface area (Å²) in [5, 5.41) is 1.62. The molecule has 0 aromatic heterocycles. The zero-order valence-electron chi connectivity index (χ0n) is 10.5. The molecule has 1 saturated heterocycles. The molecular formula is C13H19N3O. The van der Waals surface area contributed by atoms with E-state index >= 15 is 0 Å². The number of benzene rings is 1. The molecule has 1 aromatic carbocycles. The second-order valence-corrected chi connectivity index (χ2v) is 5.18. The second kappa shape index (κ2) is 4.04. The lowest BCUT2D eigenvalue weighted by Gasteiger charge is -2.29. The Labute approximate surface area is 102 Å². The summed E-state index contributed by atoms with van der Waals surface area (Å²) in [7, 11) is 0. The molecule has 1 aromatic rings. The van der Waals surface area contributed by atoms with E-state index in [2.05, 4.69) is 26.2 Å². The Morgan fingerprint density at radius 2 is 1.94 bits per heavy atom. The van der Waals surface area contributed by atoms with Crippen LogP contribution in [0.1, 0.15) is 27.2 Å². The molecule has 1 unspecified atom stereocenters. The first-order valence-corrected chi connectivity index (χ1v) is 5.89. The molecule has 1 heterocycles. The molecule has 0 bridgehead atoms. The highest BCUT2D eigenvalue weighted by molar-refractivity contribution is 5.95. The molecule has 0 saturated carbocycles. The third-order valence-electron chi connectivity index (χ3n) is 3.56. The van der Waals surface area contributed by atoms with Crippen LogP contribution in [0.25, 0.3) is 0 Å². The van der Waals surface area contributed by atoms with Crippen molar-refractivity contribution in [3.8, 4) is 0 Å². The number of carbonyl (C=O) groups is 1. The zero-order valence-corrected chi connectivity index (χ0v) is 10.5.